The number of piperidine rings is 1. The van der Waals surface area contributed by atoms with Crippen LogP contribution in [0.3, 0.4) is 0 Å². The highest BCUT2D eigenvalue weighted by atomic mass is 16.2. The molecule has 1 aliphatic rings. The van der Waals surface area contributed by atoms with Crippen molar-refractivity contribution in [3.63, 3.8) is 0 Å². The summed E-state index contributed by atoms with van der Waals surface area (Å²) in [6, 6.07) is 17.7. The minimum atomic E-state index is -0.748. The van der Waals surface area contributed by atoms with Gasteiger partial charge in [0, 0.05) is 29.8 Å². The van der Waals surface area contributed by atoms with Crippen molar-refractivity contribution in [1.82, 2.24) is 5.43 Å². The van der Waals surface area contributed by atoms with Gasteiger partial charge in [-0.2, -0.15) is 5.10 Å². The van der Waals surface area contributed by atoms with Crippen molar-refractivity contribution in [2.24, 2.45) is 5.10 Å². The molecule has 0 saturated carbocycles. The first-order valence-corrected chi connectivity index (χ1v) is 9.21. The fourth-order valence-corrected chi connectivity index (χ4v) is 3.07. The maximum absolute atomic E-state index is 11.9. The van der Waals surface area contributed by atoms with Crippen molar-refractivity contribution in [2.75, 3.05) is 18.4 Å². The van der Waals surface area contributed by atoms with Crippen LogP contribution in [-0.4, -0.2) is 30.6 Å². The van der Waals surface area contributed by atoms with Crippen molar-refractivity contribution in [1.29, 1.82) is 0 Å². The molecule has 6 heteroatoms. The fraction of sp³-hybridized carbons (Fsp3) is 0.286. The van der Waals surface area contributed by atoms with Crippen LogP contribution in [0, 0.1) is 6.92 Å². The van der Waals surface area contributed by atoms with Crippen molar-refractivity contribution in [3.8, 4) is 0 Å². The molecule has 6 nitrogen and oxygen atoms in total. The number of carbonyl (C=O) groups excluding carboxylic acids is 2. The Hall–Kier alpha value is -2.99. The largest absolute Gasteiger partial charge is 0.331 e. The van der Waals surface area contributed by atoms with E-state index in [1.165, 1.54) is 10.5 Å². The van der Waals surface area contributed by atoms with E-state index in [-0.39, 0.29) is 0 Å². The highest BCUT2D eigenvalue weighted by Gasteiger charge is 2.19. The quantitative estimate of drug-likeness (QED) is 0.564. The zero-order valence-corrected chi connectivity index (χ0v) is 15.5. The minimum Gasteiger partial charge on any atom is -0.331 e. The van der Waals surface area contributed by atoms with Gasteiger partial charge in [0.05, 0.1) is 13.1 Å². The molecule has 2 aromatic carbocycles. The first kappa shape index (κ1) is 18.8. The summed E-state index contributed by atoms with van der Waals surface area (Å²) in [6.07, 6.45) is 1.64. The summed E-state index contributed by atoms with van der Waals surface area (Å²) in [7, 11) is 0. The molecule has 1 aliphatic heterocycles. The summed E-state index contributed by atoms with van der Waals surface area (Å²) >= 11 is 0. The average molecular weight is 365 g/mol. The molecule has 0 aliphatic carbocycles. The summed E-state index contributed by atoms with van der Waals surface area (Å²) in [5.74, 6) is -1.46. The molecule has 0 unspecified atom stereocenters. The monoisotopic (exact) mass is 365 g/mol. The molecular formula is C21H25N4O2+. The lowest BCUT2D eigenvalue weighted by atomic mass is 10.1. The Morgan fingerprint density at radius 2 is 1.63 bits per heavy atom. The van der Waals surface area contributed by atoms with E-state index in [9.17, 15) is 9.59 Å². The number of nitrogens with zero attached hydrogens (tertiary/aromatic N) is 1. The van der Waals surface area contributed by atoms with E-state index in [4.69, 9.17) is 0 Å². The van der Waals surface area contributed by atoms with Crippen LogP contribution in [0.25, 0.3) is 0 Å². The Morgan fingerprint density at radius 3 is 2.30 bits per heavy atom. The smallest absolute Gasteiger partial charge is 0.329 e. The topological polar surface area (TPSA) is 75.0 Å². The number of aryl methyl sites for hydroxylation is 1. The van der Waals surface area contributed by atoms with Crippen LogP contribution in [0.5, 0.6) is 0 Å². The number of amides is 2. The lowest BCUT2D eigenvalue weighted by Crippen LogP contribution is -3.11. The van der Waals surface area contributed by atoms with Gasteiger partial charge >= 0.3 is 11.8 Å². The zero-order valence-electron chi connectivity index (χ0n) is 15.5. The van der Waals surface area contributed by atoms with Gasteiger partial charge in [-0.05, 0) is 19.1 Å². The molecule has 0 aromatic heterocycles. The van der Waals surface area contributed by atoms with Gasteiger partial charge in [-0.1, -0.05) is 48.0 Å². The summed E-state index contributed by atoms with van der Waals surface area (Å²) in [5.41, 5.74) is 6.31. The van der Waals surface area contributed by atoms with E-state index in [2.05, 4.69) is 40.1 Å². The van der Waals surface area contributed by atoms with E-state index in [1.807, 2.05) is 25.1 Å². The summed E-state index contributed by atoms with van der Waals surface area (Å²) in [4.78, 5) is 25.4. The number of quaternary nitrogens is 1. The van der Waals surface area contributed by atoms with Gasteiger partial charge in [0.25, 0.3) is 0 Å². The second-order valence-corrected chi connectivity index (χ2v) is 6.85. The van der Waals surface area contributed by atoms with Gasteiger partial charge < -0.3 is 10.2 Å². The predicted octanol–water partition coefficient (Wildman–Crippen LogP) is 1.28. The molecule has 1 saturated heterocycles. The van der Waals surface area contributed by atoms with E-state index < -0.39 is 11.8 Å². The zero-order chi connectivity index (χ0) is 19.1. The highest BCUT2D eigenvalue weighted by molar-refractivity contribution is 6.39. The van der Waals surface area contributed by atoms with Crippen LogP contribution in [0.15, 0.2) is 59.7 Å². The minimum absolute atomic E-state index is 0.589. The van der Waals surface area contributed by atoms with Crippen LogP contribution in [-0.2, 0) is 16.1 Å². The second-order valence-electron chi connectivity index (χ2n) is 6.85. The third-order valence-electron chi connectivity index (χ3n) is 4.66. The SMILES string of the molecule is Cc1ccc(NC(=O)C(=O)NN=C2CC[NH+](Cc3ccccc3)CC2)cc1. The summed E-state index contributed by atoms with van der Waals surface area (Å²) < 4.78 is 0. The van der Waals surface area contributed by atoms with Crippen molar-refractivity contribution >= 4 is 23.2 Å². The van der Waals surface area contributed by atoms with Crippen LogP contribution in [0.4, 0.5) is 5.69 Å². The molecule has 27 heavy (non-hydrogen) atoms. The maximum Gasteiger partial charge on any atom is 0.329 e. The van der Waals surface area contributed by atoms with E-state index in [0.29, 0.717) is 5.69 Å². The van der Waals surface area contributed by atoms with Crippen LogP contribution >= 0.6 is 0 Å². The number of hydrogen-bond donors (Lipinski definition) is 3. The second kappa shape index (κ2) is 9.09. The molecule has 0 spiro atoms. The van der Waals surface area contributed by atoms with Gasteiger partial charge in [0.1, 0.15) is 6.54 Å². The molecular weight excluding hydrogens is 340 g/mol. The molecule has 140 valence electrons. The number of benzene rings is 2. The number of nitrogens with one attached hydrogen (secondary N) is 3. The Morgan fingerprint density at radius 1 is 0.963 bits per heavy atom. The summed E-state index contributed by atoms with van der Waals surface area (Å²) in [5, 5.41) is 6.71. The molecule has 0 radical (unpaired) electrons. The van der Waals surface area contributed by atoms with Gasteiger partial charge in [-0.3, -0.25) is 9.59 Å². The van der Waals surface area contributed by atoms with E-state index >= 15 is 0 Å². The van der Waals surface area contributed by atoms with Gasteiger partial charge in [-0.15, -0.1) is 0 Å². The number of likely N-dealkylation sites (tertiary alicyclic amines) is 1. The third-order valence-corrected chi connectivity index (χ3v) is 4.66. The number of hydrazone groups is 1. The summed E-state index contributed by atoms with van der Waals surface area (Å²) in [6.45, 7) is 4.90. The van der Waals surface area contributed by atoms with Crippen molar-refractivity contribution in [2.45, 2.75) is 26.3 Å². The lowest BCUT2D eigenvalue weighted by Gasteiger charge is -2.24. The molecule has 1 fully saturated rings. The van der Waals surface area contributed by atoms with E-state index in [1.54, 1.807) is 12.1 Å². The molecule has 2 aromatic rings. The Bertz CT molecular complexity index is 806. The third kappa shape index (κ3) is 5.76. The van der Waals surface area contributed by atoms with Crippen LogP contribution in [0.2, 0.25) is 0 Å². The first-order chi connectivity index (χ1) is 13.1. The fourth-order valence-electron chi connectivity index (χ4n) is 3.07. The maximum atomic E-state index is 11.9. The highest BCUT2D eigenvalue weighted by Crippen LogP contribution is 2.08. The number of rotatable bonds is 4. The van der Waals surface area contributed by atoms with Crippen molar-refractivity contribution < 1.29 is 14.5 Å². The lowest BCUT2D eigenvalue weighted by molar-refractivity contribution is -0.914. The van der Waals surface area contributed by atoms with Crippen LogP contribution < -0.4 is 15.6 Å². The Kier molecular flexibility index (Phi) is 6.33. The Balaban J connectivity index is 1.43. The normalized spacial score (nSPS) is 16.5. The van der Waals surface area contributed by atoms with Crippen molar-refractivity contribution in [3.05, 3.63) is 65.7 Å². The van der Waals surface area contributed by atoms with Gasteiger partial charge in [0.15, 0.2) is 0 Å². The van der Waals surface area contributed by atoms with Crippen LogP contribution in [0.1, 0.15) is 24.0 Å². The number of anilines is 1. The molecule has 2 amide bonds. The first-order valence-electron chi connectivity index (χ1n) is 9.21. The van der Waals surface area contributed by atoms with Gasteiger partial charge in [-0.25, -0.2) is 5.43 Å². The Labute approximate surface area is 159 Å². The van der Waals surface area contributed by atoms with E-state index in [0.717, 1.165) is 43.8 Å². The molecule has 0 bridgehead atoms. The van der Waals surface area contributed by atoms with Gasteiger partial charge in [0.2, 0.25) is 0 Å². The molecule has 3 rings (SSSR count). The predicted molar refractivity (Wildman–Crippen MR) is 105 cm³/mol. The molecule has 0 atom stereocenters. The molecule has 1 heterocycles. The standard InChI is InChI=1S/C21H24N4O2/c1-16-7-9-18(10-8-16)22-20(26)21(27)24-23-19-11-13-25(14-12-19)15-17-5-3-2-4-6-17/h2-10H,11-15H2,1H3,(H,22,26)(H,24,27)/p+1. The average Bonchev–Trinajstić information content (AvgIpc) is 2.69. The number of hydrogen-bond acceptors (Lipinski definition) is 3. The molecule has 3 N–H and O–H groups in total. The number of carbonyl (C=O) groups is 2.